The molecule has 1 fully saturated rings. The van der Waals surface area contributed by atoms with Crippen molar-refractivity contribution in [1.29, 1.82) is 0 Å². The zero-order valence-electron chi connectivity index (χ0n) is 19.4. The Kier molecular flexibility index (Phi) is 7.05. The van der Waals surface area contributed by atoms with Gasteiger partial charge in [-0.3, -0.25) is 4.79 Å². The van der Waals surface area contributed by atoms with Gasteiger partial charge in [-0.2, -0.15) is 0 Å². The van der Waals surface area contributed by atoms with Crippen molar-refractivity contribution < 1.29 is 9.53 Å². The third-order valence-electron chi connectivity index (χ3n) is 6.21. The number of carbonyl (C=O) groups excluding carboxylic acids is 1. The van der Waals surface area contributed by atoms with Gasteiger partial charge in [0.2, 0.25) is 5.91 Å². The molecule has 0 saturated carbocycles. The number of nitrogens with one attached hydrogen (secondary N) is 1. The Bertz CT molecular complexity index is 1120. The first-order valence-corrected chi connectivity index (χ1v) is 11.6. The molecule has 1 aromatic heterocycles. The molecule has 0 bridgehead atoms. The van der Waals surface area contributed by atoms with Crippen LogP contribution in [0.2, 0.25) is 0 Å². The SMILES string of the molecule is CCC/C(=C\Cc1cc(-c2ccc3nc(C)[nH]c3c2)ccc1C)CC(=O)N1CCOCC1. The van der Waals surface area contributed by atoms with Crippen molar-refractivity contribution in [3.05, 3.63) is 65.0 Å². The lowest BCUT2D eigenvalue weighted by Crippen LogP contribution is -2.40. The second-order valence-corrected chi connectivity index (χ2v) is 8.68. The van der Waals surface area contributed by atoms with Crippen LogP contribution < -0.4 is 0 Å². The molecule has 0 atom stereocenters. The van der Waals surface area contributed by atoms with Gasteiger partial charge in [-0.05, 0) is 61.1 Å². The van der Waals surface area contributed by atoms with E-state index in [1.807, 2.05) is 11.8 Å². The van der Waals surface area contributed by atoms with E-state index in [-0.39, 0.29) is 5.91 Å². The lowest BCUT2D eigenvalue weighted by atomic mass is 9.96. The summed E-state index contributed by atoms with van der Waals surface area (Å²) < 4.78 is 5.38. The fraction of sp³-hybridized carbons (Fsp3) is 0.407. The minimum atomic E-state index is 0.224. The molecule has 5 nitrogen and oxygen atoms in total. The number of carbonyl (C=O) groups is 1. The predicted molar refractivity (Wildman–Crippen MR) is 130 cm³/mol. The van der Waals surface area contributed by atoms with E-state index in [2.05, 4.69) is 66.3 Å². The quantitative estimate of drug-likeness (QED) is 0.512. The highest BCUT2D eigenvalue weighted by molar-refractivity contribution is 5.82. The van der Waals surface area contributed by atoms with Crippen LogP contribution in [-0.4, -0.2) is 47.1 Å². The smallest absolute Gasteiger partial charge is 0.226 e. The fourth-order valence-corrected chi connectivity index (χ4v) is 4.34. The second kappa shape index (κ2) is 10.1. The maximum Gasteiger partial charge on any atom is 0.226 e. The average Bonchev–Trinajstić information content (AvgIpc) is 3.18. The first-order chi connectivity index (χ1) is 15.5. The molecule has 1 amide bonds. The van der Waals surface area contributed by atoms with Crippen LogP contribution >= 0.6 is 0 Å². The number of rotatable bonds is 7. The summed E-state index contributed by atoms with van der Waals surface area (Å²) in [6, 6.07) is 13.0. The Morgan fingerprint density at radius 3 is 2.66 bits per heavy atom. The van der Waals surface area contributed by atoms with Crippen molar-refractivity contribution in [3.8, 4) is 11.1 Å². The first kappa shape index (κ1) is 22.3. The molecule has 0 radical (unpaired) electrons. The van der Waals surface area contributed by atoms with Crippen LogP contribution in [-0.2, 0) is 16.0 Å². The number of aromatic amines is 1. The number of nitrogens with zero attached hydrogens (tertiary/aromatic N) is 2. The molecular formula is C27H33N3O2. The van der Waals surface area contributed by atoms with Gasteiger partial charge in [-0.25, -0.2) is 4.98 Å². The molecule has 4 rings (SSSR count). The number of benzene rings is 2. The standard InChI is InChI=1S/C27H33N3O2/c1-4-5-21(16-27(31)30-12-14-32-15-13-30)7-9-22-17-23(8-6-19(22)2)24-10-11-25-26(18-24)29-20(3)28-25/h6-8,10-11,17-18H,4-5,9,12-16H2,1-3H3,(H,28,29)/b21-7+. The maximum atomic E-state index is 12.7. The summed E-state index contributed by atoms with van der Waals surface area (Å²) in [5, 5.41) is 0. The van der Waals surface area contributed by atoms with Gasteiger partial charge in [0.1, 0.15) is 5.82 Å². The molecule has 1 aliphatic rings. The van der Waals surface area contributed by atoms with E-state index in [9.17, 15) is 4.79 Å². The summed E-state index contributed by atoms with van der Waals surface area (Å²) in [7, 11) is 0. The van der Waals surface area contributed by atoms with Gasteiger partial charge in [0.05, 0.1) is 24.2 Å². The van der Waals surface area contributed by atoms with Crippen molar-refractivity contribution >= 4 is 16.9 Å². The maximum absolute atomic E-state index is 12.7. The van der Waals surface area contributed by atoms with Crippen LogP contribution in [0.25, 0.3) is 22.2 Å². The molecule has 2 aromatic carbocycles. The number of morpholine rings is 1. The summed E-state index contributed by atoms with van der Waals surface area (Å²) in [5.41, 5.74) is 8.26. The molecule has 1 N–H and O–H groups in total. The van der Waals surface area contributed by atoms with Crippen molar-refractivity contribution in [1.82, 2.24) is 14.9 Å². The number of fused-ring (bicyclic) bond motifs is 1. The van der Waals surface area contributed by atoms with Crippen LogP contribution in [0.15, 0.2) is 48.0 Å². The minimum absolute atomic E-state index is 0.224. The van der Waals surface area contributed by atoms with Gasteiger partial charge in [-0.15, -0.1) is 0 Å². The van der Waals surface area contributed by atoms with Gasteiger partial charge < -0.3 is 14.6 Å². The number of ether oxygens (including phenoxy) is 1. The zero-order valence-corrected chi connectivity index (χ0v) is 19.4. The van der Waals surface area contributed by atoms with Crippen molar-refractivity contribution in [2.45, 2.75) is 46.5 Å². The average molecular weight is 432 g/mol. The molecular weight excluding hydrogens is 398 g/mol. The number of H-pyrrole nitrogens is 1. The molecule has 5 heteroatoms. The molecule has 3 aromatic rings. The molecule has 1 aliphatic heterocycles. The molecule has 168 valence electrons. The van der Waals surface area contributed by atoms with E-state index in [0.717, 1.165) is 36.1 Å². The number of aryl methyl sites for hydroxylation is 2. The number of amides is 1. The lowest BCUT2D eigenvalue weighted by molar-refractivity contribution is -0.134. The highest BCUT2D eigenvalue weighted by atomic mass is 16.5. The highest BCUT2D eigenvalue weighted by Gasteiger charge is 2.17. The number of aromatic nitrogens is 2. The van der Waals surface area contributed by atoms with Gasteiger partial charge in [-0.1, -0.05) is 49.3 Å². The normalized spacial score (nSPS) is 14.8. The third kappa shape index (κ3) is 5.28. The summed E-state index contributed by atoms with van der Waals surface area (Å²) in [4.78, 5) is 22.5. The van der Waals surface area contributed by atoms with Gasteiger partial charge in [0.25, 0.3) is 0 Å². The van der Waals surface area contributed by atoms with Crippen LogP contribution in [0.3, 0.4) is 0 Å². The number of hydrogen-bond acceptors (Lipinski definition) is 3. The highest BCUT2D eigenvalue weighted by Crippen LogP contribution is 2.26. The third-order valence-corrected chi connectivity index (χ3v) is 6.21. The van der Waals surface area contributed by atoms with Gasteiger partial charge >= 0.3 is 0 Å². The Hall–Kier alpha value is -2.92. The van der Waals surface area contributed by atoms with Crippen LogP contribution in [0, 0.1) is 13.8 Å². The summed E-state index contributed by atoms with van der Waals surface area (Å²) in [6.07, 6.45) is 5.64. The summed E-state index contributed by atoms with van der Waals surface area (Å²) >= 11 is 0. The van der Waals surface area contributed by atoms with E-state index in [0.29, 0.717) is 32.7 Å². The van der Waals surface area contributed by atoms with Crippen molar-refractivity contribution in [2.24, 2.45) is 0 Å². The van der Waals surface area contributed by atoms with Crippen LogP contribution in [0.1, 0.15) is 43.1 Å². The van der Waals surface area contributed by atoms with E-state index < -0.39 is 0 Å². The number of allylic oxidation sites excluding steroid dienone is 1. The molecule has 0 unspecified atom stereocenters. The van der Waals surface area contributed by atoms with Gasteiger partial charge in [0, 0.05) is 19.5 Å². The Morgan fingerprint density at radius 2 is 1.88 bits per heavy atom. The Balaban J connectivity index is 1.52. The van der Waals surface area contributed by atoms with Crippen molar-refractivity contribution in [3.63, 3.8) is 0 Å². The van der Waals surface area contributed by atoms with Gasteiger partial charge in [0.15, 0.2) is 0 Å². The predicted octanol–water partition coefficient (Wildman–Crippen LogP) is 5.36. The van der Waals surface area contributed by atoms with E-state index in [1.165, 1.54) is 27.8 Å². The zero-order chi connectivity index (χ0) is 22.5. The van der Waals surface area contributed by atoms with Crippen molar-refractivity contribution in [2.75, 3.05) is 26.3 Å². The fourth-order valence-electron chi connectivity index (χ4n) is 4.34. The van der Waals surface area contributed by atoms with E-state index in [4.69, 9.17) is 4.74 Å². The second-order valence-electron chi connectivity index (χ2n) is 8.68. The molecule has 0 spiro atoms. The summed E-state index contributed by atoms with van der Waals surface area (Å²) in [6.45, 7) is 9.02. The van der Waals surface area contributed by atoms with E-state index in [1.54, 1.807) is 0 Å². The molecule has 2 heterocycles. The lowest BCUT2D eigenvalue weighted by Gasteiger charge is -2.27. The Labute approximate surface area is 190 Å². The molecule has 0 aliphatic carbocycles. The first-order valence-electron chi connectivity index (χ1n) is 11.6. The minimum Gasteiger partial charge on any atom is -0.378 e. The monoisotopic (exact) mass is 431 g/mol. The molecule has 1 saturated heterocycles. The number of hydrogen-bond donors (Lipinski definition) is 1. The van der Waals surface area contributed by atoms with Crippen LogP contribution in [0.5, 0.6) is 0 Å². The molecule has 32 heavy (non-hydrogen) atoms. The Morgan fingerprint density at radius 1 is 1.12 bits per heavy atom. The summed E-state index contributed by atoms with van der Waals surface area (Å²) in [5.74, 6) is 1.16. The van der Waals surface area contributed by atoms with E-state index >= 15 is 0 Å². The largest absolute Gasteiger partial charge is 0.378 e. The topological polar surface area (TPSA) is 58.2 Å². The number of imidazole rings is 1. The van der Waals surface area contributed by atoms with Crippen LogP contribution in [0.4, 0.5) is 0 Å².